The van der Waals surface area contributed by atoms with Gasteiger partial charge < -0.3 is 30.7 Å². The van der Waals surface area contributed by atoms with Gasteiger partial charge in [-0.05, 0) is 30.3 Å². The molecule has 31 heavy (non-hydrogen) atoms. The number of morpholine rings is 1. The number of ether oxygens (including phenoxy) is 1. The van der Waals surface area contributed by atoms with Gasteiger partial charge in [0.05, 0.1) is 24.2 Å². The van der Waals surface area contributed by atoms with Crippen LogP contribution < -0.4 is 21.5 Å². The Morgan fingerprint density at radius 1 is 1.26 bits per heavy atom. The molecule has 2 heterocycles. The summed E-state index contributed by atoms with van der Waals surface area (Å²) in [6.45, 7) is 3.09. The fourth-order valence-electron chi connectivity index (χ4n) is 3.58. The van der Waals surface area contributed by atoms with Gasteiger partial charge in [-0.2, -0.15) is 0 Å². The maximum Gasteiger partial charge on any atom is 0.293 e. The maximum absolute atomic E-state index is 14.6. The number of benzene rings is 2. The van der Waals surface area contributed by atoms with Crippen LogP contribution in [0, 0.1) is 11.2 Å². The monoisotopic (exact) mass is 422 g/mol. The molecular weight excluding hydrogens is 399 g/mol. The van der Waals surface area contributed by atoms with Gasteiger partial charge in [0.2, 0.25) is 0 Å². The first-order valence-electron chi connectivity index (χ1n) is 9.84. The van der Waals surface area contributed by atoms with E-state index in [-0.39, 0.29) is 22.5 Å². The Labute approximate surface area is 178 Å². The van der Waals surface area contributed by atoms with Gasteiger partial charge in [-0.25, -0.2) is 9.37 Å². The first-order valence-corrected chi connectivity index (χ1v) is 9.84. The summed E-state index contributed by atoms with van der Waals surface area (Å²) in [4.78, 5) is 19.4. The number of halogens is 1. The molecule has 4 rings (SSSR count). The van der Waals surface area contributed by atoms with Gasteiger partial charge in [0.1, 0.15) is 5.82 Å². The molecule has 1 aliphatic heterocycles. The molecule has 9 heteroatoms. The van der Waals surface area contributed by atoms with E-state index in [9.17, 15) is 9.18 Å². The van der Waals surface area contributed by atoms with Crippen molar-refractivity contribution in [2.24, 2.45) is 12.8 Å². The number of hydrogen-bond acceptors (Lipinski definition) is 7. The minimum atomic E-state index is -0.570. The Hall–Kier alpha value is -3.72. The number of anilines is 3. The zero-order chi connectivity index (χ0) is 22.0. The minimum Gasteiger partial charge on any atom is -0.404 e. The number of aromatic nitrogens is 2. The normalized spacial score (nSPS) is 14.6. The first-order chi connectivity index (χ1) is 15.0. The van der Waals surface area contributed by atoms with E-state index in [0.29, 0.717) is 29.9 Å². The number of hydrogen-bond donors (Lipinski definition) is 3. The number of aryl methyl sites for hydroxylation is 1. The molecule has 3 aromatic rings. The highest BCUT2D eigenvalue weighted by Crippen LogP contribution is 2.24. The summed E-state index contributed by atoms with van der Waals surface area (Å²) in [6, 6.07) is 10.4. The van der Waals surface area contributed by atoms with Gasteiger partial charge in [-0.15, -0.1) is 0 Å². The molecule has 1 fully saturated rings. The second-order valence-corrected chi connectivity index (χ2v) is 7.18. The summed E-state index contributed by atoms with van der Waals surface area (Å²) in [6.07, 6.45) is 2.12. The summed E-state index contributed by atoms with van der Waals surface area (Å²) in [5.74, 6) is -0.470. The van der Waals surface area contributed by atoms with Crippen LogP contribution >= 0.6 is 0 Å². The zero-order valence-electron chi connectivity index (χ0n) is 17.1. The quantitative estimate of drug-likeness (QED) is 0.546. The Kier molecular flexibility index (Phi) is 5.68. The molecule has 160 valence electrons. The highest BCUT2D eigenvalue weighted by molar-refractivity contribution is 6.09. The highest BCUT2D eigenvalue weighted by atomic mass is 19.1. The third-order valence-corrected chi connectivity index (χ3v) is 5.32. The average molecular weight is 422 g/mol. The summed E-state index contributed by atoms with van der Waals surface area (Å²) in [5.41, 5.74) is 8.03. The van der Waals surface area contributed by atoms with Crippen LogP contribution in [0.1, 0.15) is 5.56 Å². The van der Waals surface area contributed by atoms with Gasteiger partial charge in [0.25, 0.3) is 5.56 Å². The fourth-order valence-corrected chi connectivity index (χ4v) is 3.58. The molecule has 0 aliphatic carbocycles. The maximum atomic E-state index is 14.6. The molecule has 0 atom stereocenters. The van der Waals surface area contributed by atoms with E-state index >= 15 is 0 Å². The second kappa shape index (κ2) is 8.57. The standard InChI is InChI=1S/C22H23FN6O2/c1-28-20-10-17(14(12-24)13-25)18(23)11-19(20)27-21(22(28)30)26-15-2-4-16(5-3-15)29-6-8-31-9-7-29/h2-5,10-13,24H,6-9,25H2,1H3,(H,26,27)/b14-13+,24-12?. The van der Waals surface area contributed by atoms with Gasteiger partial charge in [-0.1, -0.05) is 0 Å². The summed E-state index contributed by atoms with van der Waals surface area (Å²) < 4.78 is 21.4. The lowest BCUT2D eigenvalue weighted by Gasteiger charge is -2.28. The van der Waals surface area contributed by atoms with Crippen LogP contribution in [0.5, 0.6) is 0 Å². The minimum absolute atomic E-state index is 0.0999. The van der Waals surface area contributed by atoms with Crippen molar-refractivity contribution in [3.8, 4) is 0 Å². The van der Waals surface area contributed by atoms with Crippen molar-refractivity contribution >= 4 is 40.0 Å². The summed E-state index contributed by atoms with van der Waals surface area (Å²) in [7, 11) is 1.59. The molecule has 0 spiro atoms. The number of rotatable bonds is 5. The van der Waals surface area contributed by atoms with E-state index in [4.69, 9.17) is 15.9 Å². The van der Waals surface area contributed by atoms with Crippen LogP contribution in [0.25, 0.3) is 16.6 Å². The molecule has 4 N–H and O–H groups in total. The fraction of sp³-hybridized carbons (Fsp3) is 0.227. The van der Waals surface area contributed by atoms with E-state index < -0.39 is 5.82 Å². The van der Waals surface area contributed by atoms with Crippen LogP contribution in [0.2, 0.25) is 0 Å². The number of nitrogens with zero attached hydrogens (tertiary/aromatic N) is 3. The molecule has 2 aromatic carbocycles. The molecule has 8 nitrogen and oxygen atoms in total. The van der Waals surface area contributed by atoms with Crippen molar-refractivity contribution in [3.63, 3.8) is 0 Å². The summed E-state index contributed by atoms with van der Waals surface area (Å²) >= 11 is 0. The number of allylic oxidation sites excluding steroid dienone is 1. The Morgan fingerprint density at radius 2 is 1.97 bits per heavy atom. The topological polar surface area (TPSA) is 109 Å². The second-order valence-electron chi connectivity index (χ2n) is 7.18. The summed E-state index contributed by atoms with van der Waals surface area (Å²) in [5, 5.41) is 10.4. The molecular formula is C22H23FN6O2. The van der Waals surface area contributed by atoms with E-state index in [1.165, 1.54) is 16.7 Å². The smallest absolute Gasteiger partial charge is 0.293 e. The van der Waals surface area contributed by atoms with E-state index in [1.54, 1.807) is 7.05 Å². The van der Waals surface area contributed by atoms with Crippen molar-refractivity contribution in [2.75, 3.05) is 36.5 Å². The van der Waals surface area contributed by atoms with Gasteiger partial charge in [-0.3, -0.25) is 4.79 Å². The van der Waals surface area contributed by atoms with Crippen molar-refractivity contribution in [3.05, 3.63) is 64.3 Å². The predicted octanol–water partition coefficient (Wildman–Crippen LogP) is 2.60. The van der Waals surface area contributed by atoms with E-state index in [0.717, 1.165) is 31.2 Å². The largest absolute Gasteiger partial charge is 0.404 e. The van der Waals surface area contributed by atoms with Crippen molar-refractivity contribution in [2.45, 2.75) is 0 Å². The highest BCUT2D eigenvalue weighted by Gasteiger charge is 2.15. The third kappa shape index (κ3) is 3.99. The Bertz CT molecular complexity index is 1210. The number of nitrogens with two attached hydrogens (primary N) is 1. The van der Waals surface area contributed by atoms with Crippen LogP contribution in [-0.2, 0) is 11.8 Å². The molecule has 0 saturated carbocycles. The molecule has 0 bridgehead atoms. The van der Waals surface area contributed by atoms with Crippen LogP contribution in [0.15, 0.2) is 47.4 Å². The first kappa shape index (κ1) is 20.5. The van der Waals surface area contributed by atoms with Gasteiger partial charge in [0, 0.05) is 61.1 Å². The number of fused-ring (bicyclic) bond motifs is 1. The lowest BCUT2D eigenvalue weighted by atomic mass is 10.1. The molecule has 1 saturated heterocycles. The van der Waals surface area contributed by atoms with Crippen LogP contribution in [0.4, 0.5) is 21.6 Å². The number of nitrogens with one attached hydrogen (secondary N) is 2. The van der Waals surface area contributed by atoms with E-state index in [1.807, 2.05) is 24.3 Å². The van der Waals surface area contributed by atoms with Crippen LogP contribution in [-0.4, -0.2) is 42.1 Å². The zero-order valence-corrected chi connectivity index (χ0v) is 17.1. The predicted molar refractivity (Wildman–Crippen MR) is 121 cm³/mol. The van der Waals surface area contributed by atoms with Gasteiger partial charge in [0.15, 0.2) is 5.82 Å². The molecule has 0 radical (unpaired) electrons. The molecule has 0 amide bonds. The van der Waals surface area contributed by atoms with E-state index in [2.05, 4.69) is 15.2 Å². The van der Waals surface area contributed by atoms with Crippen molar-refractivity contribution in [1.29, 1.82) is 5.41 Å². The molecule has 1 aromatic heterocycles. The Morgan fingerprint density at radius 3 is 2.61 bits per heavy atom. The lowest BCUT2D eigenvalue weighted by Crippen LogP contribution is -2.36. The molecule has 0 unspecified atom stereocenters. The Balaban J connectivity index is 1.67. The average Bonchev–Trinajstić information content (AvgIpc) is 2.80. The lowest BCUT2D eigenvalue weighted by molar-refractivity contribution is 0.122. The van der Waals surface area contributed by atoms with Crippen molar-refractivity contribution in [1.82, 2.24) is 9.55 Å². The van der Waals surface area contributed by atoms with Gasteiger partial charge >= 0.3 is 0 Å². The van der Waals surface area contributed by atoms with Crippen molar-refractivity contribution < 1.29 is 9.13 Å². The van der Waals surface area contributed by atoms with Crippen LogP contribution in [0.3, 0.4) is 0 Å². The molecule has 1 aliphatic rings. The third-order valence-electron chi connectivity index (χ3n) is 5.32. The SMILES string of the molecule is Cn1c(=O)c(Nc2ccc(N3CCOCC3)cc2)nc2cc(F)c(/C(C=N)=C/N)cc21.